The van der Waals surface area contributed by atoms with Crippen molar-refractivity contribution in [2.75, 3.05) is 18.1 Å². The van der Waals surface area contributed by atoms with Crippen molar-refractivity contribution in [2.24, 2.45) is 0 Å². The second-order valence-corrected chi connectivity index (χ2v) is 4.08. The molecule has 114 valence electrons. The summed E-state index contributed by atoms with van der Waals surface area (Å²) in [6.07, 6.45) is -0.236. The highest BCUT2D eigenvalue weighted by Crippen LogP contribution is 2.16. The smallest absolute Gasteiger partial charge is 0.413 e. The van der Waals surface area contributed by atoms with Crippen LogP contribution >= 0.6 is 11.6 Å². The summed E-state index contributed by atoms with van der Waals surface area (Å²) in [5.41, 5.74) is 10.5. The number of rotatable bonds is 3. The molecule has 21 heavy (non-hydrogen) atoms. The van der Waals surface area contributed by atoms with Gasteiger partial charge in [0.15, 0.2) is 22.5 Å². The fraction of sp³-hybridized carbons (Fsp3) is 0.300. The third kappa shape index (κ3) is 4.76. The van der Waals surface area contributed by atoms with Crippen molar-refractivity contribution in [2.45, 2.75) is 13.3 Å². The van der Waals surface area contributed by atoms with Gasteiger partial charge in [0.2, 0.25) is 5.96 Å². The first-order valence-corrected chi connectivity index (χ1v) is 6.15. The van der Waals surface area contributed by atoms with E-state index in [2.05, 4.69) is 14.7 Å². The number of guanidine groups is 1. The highest BCUT2D eigenvalue weighted by molar-refractivity contribution is 6.31. The van der Waals surface area contributed by atoms with Gasteiger partial charge in [-0.15, -0.1) is 0 Å². The van der Waals surface area contributed by atoms with Crippen molar-refractivity contribution < 1.29 is 14.3 Å². The Kier molecular flexibility index (Phi) is 5.67. The number of carbonyl (C=O) groups is 2. The van der Waals surface area contributed by atoms with Gasteiger partial charge in [0, 0.05) is 0 Å². The summed E-state index contributed by atoms with van der Waals surface area (Å²) in [6.45, 7) is 2.01. The SMILES string of the molecule is CCCOC(=O)NC(=N)NC(=O)c1nc(Cl)c(N)nc1N. The van der Waals surface area contributed by atoms with E-state index in [4.69, 9.17) is 28.5 Å². The van der Waals surface area contributed by atoms with E-state index in [1.54, 1.807) is 0 Å². The van der Waals surface area contributed by atoms with Gasteiger partial charge in [-0.1, -0.05) is 18.5 Å². The fourth-order valence-corrected chi connectivity index (χ4v) is 1.27. The predicted octanol–water partition coefficient (Wildman–Crippen LogP) is 0.0952. The highest BCUT2D eigenvalue weighted by atomic mass is 35.5. The maximum Gasteiger partial charge on any atom is 0.413 e. The van der Waals surface area contributed by atoms with Crippen LogP contribution in [0.5, 0.6) is 0 Å². The normalized spacial score (nSPS) is 9.81. The predicted molar refractivity (Wildman–Crippen MR) is 75.8 cm³/mol. The number of hydrogen-bond donors (Lipinski definition) is 5. The molecule has 0 spiro atoms. The minimum Gasteiger partial charge on any atom is -0.449 e. The summed E-state index contributed by atoms with van der Waals surface area (Å²) in [5.74, 6) is -1.85. The lowest BCUT2D eigenvalue weighted by molar-refractivity contribution is 0.0971. The Labute approximate surface area is 124 Å². The molecule has 10 nitrogen and oxygen atoms in total. The number of alkyl carbamates (subject to hydrolysis) is 1. The number of ether oxygens (including phenoxy) is 1. The van der Waals surface area contributed by atoms with Crippen LogP contribution in [0, 0.1) is 5.41 Å². The van der Waals surface area contributed by atoms with Gasteiger partial charge in [0.05, 0.1) is 6.61 Å². The van der Waals surface area contributed by atoms with E-state index in [0.29, 0.717) is 6.42 Å². The first-order chi connectivity index (χ1) is 9.85. The van der Waals surface area contributed by atoms with Gasteiger partial charge in [-0.2, -0.15) is 0 Å². The highest BCUT2D eigenvalue weighted by Gasteiger charge is 2.18. The molecule has 0 saturated heterocycles. The molecule has 1 aromatic heterocycles. The fourth-order valence-electron chi connectivity index (χ4n) is 1.15. The molecule has 2 amide bonds. The van der Waals surface area contributed by atoms with Crippen molar-refractivity contribution in [1.82, 2.24) is 20.6 Å². The number of nitrogens with zero attached hydrogens (tertiary/aromatic N) is 2. The number of nitrogens with two attached hydrogens (primary N) is 2. The summed E-state index contributed by atoms with van der Waals surface area (Å²) in [7, 11) is 0. The third-order valence-corrected chi connectivity index (χ3v) is 2.30. The minimum absolute atomic E-state index is 0.123. The molecule has 11 heteroatoms. The molecule has 1 heterocycles. The summed E-state index contributed by atoms with van der Waals surface area (Å²) < 4.78 is 4.68. The summed E-state index contributed by atoms with van der Waals surface area (Å²) in [6, 6.07) is 0. The Morgan fingerprint density at radius 2 is 1.95 bits per heavy atom. The lowest BCUT2D eigenvalue weighted by Crippen LogP contribution is -2.43. The minimum atomic E-state index is -0.873. The van der Waals surface area contributed by atoms with Crippen molar-refractivity contribution >= 4 is 41.2 Å². The van der Waals surface area contributed by atoms with Crippen LogP contribution in [0.3, 0.4) is 0 Å². The van der Waals surface area contributed by atoms with Crippen LogP contribution in [0.4, 0.5) is 16.4 Å². The van der Waals surface area contributed by atoms with Gasteiger partial charge in [-0.3, -0.25) is 20.8 Å². The molecule has 0 unspecified atom stereocenters. The van der Waals surface area contributed by atoms with E-state index >= 15 is 0 Å². The van der Waals surface area contributed by atoms with Crippen molar-refractivity contribution in [3.8, 4) is 0 Å². The molecule has 0 aliphatic rings. The van der Waals surface area contributed by atoms with E-state index in [1.807, 2.05) is 17.6 Å². The van der Waals surface area contributed by atoms with E-state index in [0.717, 1.165) is 0 Å². The zero-order chi connectivity index (χ0) is 16.0. The van der Waals surface area contributed by atoms with Crippen LogP contribution < -0.4 is 22.1 Å². The average Bonchev–Trinajstić information content (AvgIpc) is 2.40. The zero-order valence-corrected chi connectivity index (χ0v) is 11.8. The Balaban J connectivity index is 2.67. The topological polar surface area (TPSA) is 169 Å². The first-order valence-electron chi connectivity index (χ1n) is 5.77. The zero-order valence-electron chi connectivity index (χ0n) is 11.1. The van der Waals surface area contributed by atoms with E-state index in [9.17, 15) is 9.59 Å². The number of aromatic nitrogens is 2. The van der Waals surface area contributed by atoms with Gasteiger partial charge in [-0.25, -0.2) is 14.8 Å². The Morgan fingerprint density at radius 3 is 2.57 bits per heavy atom. The summed E-state index contributed by atoms with van der Waals surface area (Å²) >= 11 is 5.63. The Morgan fingerprint density at radius 1 is 1.29 bits per heavy atom. The summed E-state index contributed by atoms with van der Waals surface area (Å²) in [5, 5.41) is 11.3. The molecule has 0 aliphatic heterocycles. The largest absolute Gasteiger partial charge is 0.449 e. The number of halogens is 1. The molecule has 0 saturated carbocycles. The van der Waals surface area contributed by atoms with Crippen LogP contribution in [-0.4, -0.2) is 34.5 Å². The molecule has 0 atom stereocenters. The Hall–Kier alpha value is -2.62. The van der Waals surface area contributed by atoms with E-state index in [1.165, 1.54) is 0 Å². The number of amides is 2. The second kappa shape index (κ2) is 7.24. The second-order valence-electron chi connectivity index (χ2n) is 3.72. The molecule has 7 N–H and O–H groups in total. The quantitative estimate of drug-likeness (QED) is 0.389. The van der Waals surface area contributed by atoms with Gasteiger partial charge in [-0.05, 0) is 6.42 Å². The number of hydrogen-bond acceptors (Lipinski definition) is 8. The standard InChI is InChI=1S/C10H14ClN7O3/c1-2-3-21-10(20)18-9(14)17-8(19)4-6(12)16-7(13)5(11)15-4/h2-3H2,1H3,(H4,12,13,16)(H3,14,17,18,19,20). The monoisotopic (exact) mass is 315 g/mol. The molecular formula is C10H14ClN7O3. The lowest BCUT2D eigenvalue weighted by Gasteiger charge is -2.09. The first kappa shape index (κ1) is 16.4. The lowest BCUT2D eigenvalue weighted by atomic mass is 10.4. The average molecular weight is 316 g/mol. The molecule has 1 rings (SSSR count). The molecule has 0 aliphatic carbocycles. The van der Waals surface area contributed by atoms with E-state index < -0.39 is 18.0 Å². The van der Waals surface area contributed by atoms with Gasteiger partial charge < -0.3 is 16.2 Å². The number of nitrogens with one attached hydrogen (secondary N) is 3. The van der Waals surface area contributed by atoms with Crippen LogP contribution in [-0.2, 0) is 4.74 Å². The van der Waals surface area contributed by atoms with Gasteiger partial charge in [0.1, 0.15) is 0 Å². The number of carbonyl (C=O) groups excluding carboxylic acids is 2. The molecular weight excluding hydrogens is 302 g/mol. The van der Waals surface area contributed by atoms with Crippen LogP contribution in [0.25, 0.3) is 0 Å². The van der Waals surface area contributed by atoms with Crippen LogP contribution in [0.15, 0.2) is 0 Å². The van der Waals surface area contributed by atoms with E-state index in [-0.39, 0.29) is 29.1 Å². The number of anilines is 2. The van der Waals surface area contributed by atoms with Crippen molar-refractivity contribution in [3.63, 3.8) is 0 Å². The third-order valence-electron chi connectivity index (χ3n) is 2.02. The summed E-state index contributed by atoms with van der Waals surface area (Å²) in [4.78, 5) is 30.3. The Bertz CT molecular complexity index is 578. The maximum atomic E-state index is 11.8. The molecule has 0 fully saturated rings. The molecule has 0 radical (unpaired) electrons. The molecule has 0 bridgehead atoms. The van der Waals surface area contributed by atoms with Gasteiger partial charge >= 0.3 is 6.09 Å². The van der Waals surface area contributed by atoms with Crippen molar-refractivity contribution in [1.29, 1.82) is 5.41 Å². The molecule has 1 aromatic rings. The van der Waals surface area contributed by atoms with Gasteiger partial charge in [0.25, 0.3) is 5.91 Å². The maximum absolute atomic E-state index is 11.8. The van der Waals surface area contributed by atoms with Crippen LogP contribution in [0.1, 0.15) is 23.8 Å². The molecule has 0 aromatic carbocycles. The van der Waals surface area contributed by atoms with Crippen molar-refractivity contribution in [3.05, 3.63) is 10.8 Å². The number of nitrogen functional groups attached to an aromatic ring is 2. The van der Waals surface area contributed by atoms with Crippen LogP contribution in [0.2, 0.25) is 5.15 Å².